The van der Waals surface area contributed by atoms with Crippen LogP contribution in [0.15, 0.2) is 24.3 Å². The highest BCUT2D eigenvalue weighted by molar-refractivity contribution is 5.78. The quantitative estimate of drug-likeness (QED) is 0.897. The van der Waals surface area contributed by atoms with Crippen molar-refractivity contribution >= 4 is 5.91 Å². The molecule has 1 aliphatic carbocycles. The number of carbonyl (C=O) groups is 1. The van der Waals surface area contributed by atoms with Crippen LogP contribution in [0.2, 0.25) is 0 Å². The van der Waals surface area contributed by atoms with Crippen LogP contribution in [-0.4, -0.2) is 25.7 Å². The Bertz CT molecular complexity index is 419. The Balaban J connectivity index is 1.69. The maximum Gasteiger partial charge on any atom is 0.223 e. The normalized spacial score (nSPS) is 22.5. The molecular weight excluding hydrogens is 250 g/mol. The molecule has 3 heteroatoms. The van der Waals surface area contributed by atoms with Crippen molar-refractivity contribution in [3.8, 4) is 0 Å². The van der Waals surface area contributed by atoms with Gasteiger partial charge in [0.25, 0.3) is 0 Å². The molecule has 0 unspecified atom stereocenters. The van der Waals surface area contributed by atoms with E-state index in [-0.39, 0.29) is 11.8 Å². The van der Waals surface area contributed by atoms with Crippen LogP contribution in [0.5, 0.6) is 0 Å². The zero-order chi connectivity index (χ0) is 14.4. The summed E-state index contributed by atoms with van der Waals surface area (Å²) >= 11 is 0. The number of methoxy groups -OCH3 is 1. The van der Waals surface area contributed by atoms with Gasteiger partial charge in [0, 0.05) is 19.6 Å². The highest BCUT2D eigenvalue weighted by atomic mass is 16.5. The molecule has 0 radical (unpaired) electrons. The summed E-state index contributed by atoms with van der Waals surface area (Å²) < 4.78 is 5.34. The van der Waals surface area contributed by atoms with E-state index in [4.69, 9.17) is 4.74 Å². The number of carbonyl (C=O) groups excluding carboxylic acids is 1. The van der Waals surface area contributed by atoms with Crippen molar-refractivity contribution in [1.82, 2.24) is 5.32 Å². The molecule has 0 aromatic heterocycles. The predicted octanol–water partition coefficient (Wildman–Crippen LogP) is 2.86. The van der Waals surface area contributed by atoms with Gasteiger partial charge < -0.3 is 10.1 Å². The molecule has 0 heterocycles. The average molecular weight is 275 g/mol. The second kappa shape index (κ2) is 7.44. The van der Waals surface area contributed by atoms with Crippen LogP contribution in [0, 0.1) is 12.8 Å². The van der Waals surface area contributed by atoms with Crippen molar-refractivity contribution in [2.75, 3.05) is 13.7 Å². The Kier molecular flexibility index (Phi) is 5.60. The van der Waals surface area contributed by atoms with Gasteiger partial charge in [0.1, 0.15) is 0 Å². The van der Waals surface area contributed by atoms with Gasteiger partial charge in [-0.2, -0.15) is 0 Å². The van der Waals surface area contributed by atoms with Crippen LogP contribution in [0.4, 0.5) is 0 Å². The summed E-state index contributed by atoms with van der Waals surface area (Å²) in [6.45, 7) is 2.81. The van der Waals surface area contributed by atoms with Gasteiger partial charge in [-0.1, -0.05) is 29.8 Å². The highest BCUT2D eigenvalue weighted by Crippen LogP contribution is 2.25. The first-order chi connectivity index (χ1) is 9.69. The summed E-state index contributed by atoms with van der Waals surface area (Å²) in [5, 5.41) is 3.07. The molecule has 110 valence electrons. The lowest BCUT2D eigenvalue weighted by atomic mass is 9.87. The van der Waals surface area contributed by atoms with Gasteiger partial charge in [-0.15, -0.1) is 0 Å². The molecule has 1 aliphatic rings. The van der Waals surface area contributed by atoms with E-state index in [1.807, 2.05) is 0 Å². The van der Waals surface area contributed by atoms with E-state index in [9.17, 15) is 4.79 Å². The average Bonchev–Trinajstić information content (AvgIpc) is 2.49. The van der Waals surface area contributed by atoms with Crippen LogP contribution in [-0.2, 0) is 16.0 Å². The third-order valence-corrected chi connectivity index (χ3v) is 4.21. The van der Waals surface area contributed by atoms with E-state index in [1.165, 1.54) is 11.1 Å². The first-order valence-electron chi connectivity index (χ1n) is 7.55. The molecule has 1 aromatic rings. The predicted molar refractivity (Wildman–Crippen MR) is 80.6 cm³/mol. The van der Waals surface area contributed by atoms with Crippen LogP contribution in [0.1, 0.15) is 36.8 Å². The lowest BCUT2D eigenvalue weighted by Gasteiger charge is -2.26. The number of aryl methyl sites for hydroxylation is 1. The smallest absolute Gasteiger partial charge is 0.223 e. The summed E-state index contributed by atoms with van der Waals surface area (Å²) in [4.78, 5) is 12.1. The molecule has 3 nitrogen and oxygen atoms in total. The molecular formula is C17H25NO2. The van der Waals surface area contributed by atoms with Crippen LogP contribution in [0.25, 0.3) is 0 Å². The first kappa shape index (κ1) is 15.0. The number of ether oxygens (including phenoxy) is 1. The molecule has 0 bridgehead atoms. The third kappa shape index (κ3) is 4.34. The van der Waals surface area contributed by atoms with E-state index in [2.05, 4.69) is 36.5 Å². The Morgan fingerprint density at radius 2 is 1.85 bits per heavy atom. The van der Waals surface area contributed by atoms with E-state index in [0.29, 0.717) is 6.10 Å². The summed E-state index contributed by atoms with van der Waals surface area (Å²) in [5.41, 5.74) is 2.55. The second-order valence-electron chi connectivity index (χ2n) is 5.74. The SMILES string of the molecule is COC1CCC(C(=O)NCCc2ccc(C)cc2)CC1. The summed E-state index contributed by atoms with van der Waals surface area (Å²) in [5.74, 6) is 0.395. The van der Waals surface area contributed by atoms with E-state index < -0.39 is 0 Å². The van der Waals surface area contributed by atoms with Crippen LogP contribution < -0.4 is 5.32 Å². The minimum Gasteiger partial charge on any atom is -0.381 e. The van der Waals surface area contributed by atoms with E-state index >= 15 is 0 Å². The molecule has 0 spiro atoms. The Morgan fingerprint density at radius 3 is 2.45 bits per heavy atom. The third-order valence-electron chi connectivity index (χ3n) is 4.21. The Labute approximate surface area is 121 Å². The second-order valence-corrected chi connectivity index (χ2v) is 5.74. The van der Waals surface area contributed by atoms with E-state index in [0.717, 1.165) is 38.6 Å². The van der Waals surface area contributed by atoms with Crippen LogP contribution in [0.3, 0.4) is 0 Å². The maximum atomic E-state index is 12.1. The van der Waals surface area contributed by atoms with Gasteiger partial charge in [-0.05, 0) is 44.6 Å². The number of hydrogen-bond donors (Lipinski definition) is 1. The minimum atomic E-state index is 0.180. The molecule has 1 saturated carbocycles. The molecule has 1 N–H and O–H groups in total. The molecule has 1 fully saturated rings. The molecule has 2 rings (SSSR count). The number of benzene rings is 1. The fourth-order valence-corrected chi connectivity index (χ4v) is 2.79. The monoisotopic (exact) mass is 275 g/mol. The van der Waals surface area contributed by atoms with Crippen molar-refractivity contribution in [3.05, 3.63) is 35.4 Å². The number of nitrogens with one attached hydrogen (secondary N) is 1. The molecule has 0 atom stereocenters. The summed E-state index contributed by atoms with van der Waals surface area (Å²) in [6.07, 6.45) is 5.18. The number of amides is 1. The minimum absolute atomic E-state index is 0.180. The Hall–Kier alpha value is -1.35. The maximum absolute atomic E-state index is 12.1. The standard InChI is InChI=1S/C17H25NO2/c1-13-3-5-14(6-4-13)11-12-18-17(19)15-7-9-16(20-2)10-8-15/h3-6,15-16H,7-12H2,1-2H3,(H,18,19). The van der Waals surface area contributed by atoms with Crippen molar-refractivity contribution in [2.45, 2.75) is 45.1 Å². The fraction of sp³-hybridized carbons (Fsp3) is 0.588. The van der Waals surface area contributed by atoms with Gasteiger partial charge >= 0.3 is 0 Å². The number of rotatable bonds is 5. The molecule has 1 amide bonds. The van der Waals surface area contributed by atoms with Gasteiger partial charge in [-0.3, -0.25) is 4.79 Å². The van der Waals surface area contributed by atoms with Gasteiger partial charge in [0.05, 0.1) is 6.10 Å². The summed E-state index contributed by atoms with van der Waals surface area (Å²) in [6, 6.07) is 8.49. The molecule has 0 aliphatic heterocycles. The summed E-state index contributed by atoms with van der Waals surface area (Å²) in [7, 11) is 1.76. The largest absolute Gasteiger partial charge is 0.381 e. The van der Waals surface area contributed by atoms with Gasteiger partial charge in [-0.25, -0.2) is 0 Å². The lowest BCUT2D eigenvalue weighted by Crippen LogP contribution is -2.35. The highest BCUT2D eigenvalue weighted by Gasteiger charge is 2.25. The number of hydrogen-bond acceptors (Lipinski definition) is 2. The molecule has 1 aromatic carbocycles. The van der Waals surface area contributed by atoms with Crippen LogP contribution >= 0.6 is 0 Å². The Morgan fingerprint density at radius 1 is 1.20 bits per heavy atom. The molecule has 0 saturated heterocycles. The zero-order valence-electron chi connectivity index (χ0n) is 12.5. The fourth-order valence-electron chi connectivity index (χ4n) is 2.79. The van der Waals surface area contributed by atoms with Crippen molar-refractivity contribution in [3.63, 3.8) is 0 Å². The van der Waals surface area contributed by atoms with Crippen molar-refractivity contribution in [1.29, 1.82) is 0 Å². The van der Waals surface area contributed by atoms with Gasteiger partial charge in [0.2, 0.25) is 5.91 Å². The van der Waals surface area contributed by atoms with Gasteiger partial charge in [0.15, 0.2) is 0 Å². The molecule has 20 heavy (non-hydrogen) atoms. The van der Waals surface area contributed by atoms with Crippen molar-refractivity contribution in [2.24, 2.45) is 5.92 Å². The topological polar surface area (TPSA) is 38.3 Å². The van der Waals surface area contributed by atoms with Crippen molar-refractivity contribution < 1.29 is 9.53 Å². The first-order valence-corrected chi connectivity index (χ1v) is 7.55. The van der Waals surface area contributed by atoms with E-state index in [1.54, 1.807) is 7.11 Å². The zero-order valence-corrected chi connectivity index (χ0v) is 12.5. The lowest BCUT2D eigenvalue weighted by molar-refractivity contribution is -0.126.